The molecule has 0 aliphatic rings. The van der Waals surface area contributed by atoms with E-state index in [0.29, 0.717) is 11.5 Å². The second-order valence-electron chi connectivity index (χ2n) is 5.44. The Morgan fingerprint density at radius 1 is 0.923 bits per heavy atom. The second kappa shape index (κ2) is 8.43. The van der Waals surface area contributed by atoms with Crippen LogP contribution in [0.4, 0.5) is 11.4 Å². The maximum Gasteiger partial charge on any atom is 0.269 e. The Kier molecular flexibility index (Phi) is 5.57. The van der Waals surface area contributed by atoms with Crippen LogP contribution in [-0.2, 0) is 0 Å². The largest absolute Gasteiger partial charge is 0.487 e. The number of ether oxygens (including phenoxy) is 1. The maximum atomic E-state index is 10.7. The third-order valence-electron chi connectivity index (χ3n) is 3.62. The lowest BCUT2D eigenvalue weighted by Gasteiger charge is -2.10. The van der Waals surface area contributed by atoms with Gasteiger partial charge in [-0.1, -0.05) is 48.5 Å². The van der Waals surface area contributed by atoms with Crippen molar-refractivity contribution in [2.24, 2.45) is 5.10 Å². The van der Waals surface area contributed by atoms with Gasteiger partial charge in [0.25, 0.3) is 5.69 Å². The zero-order valence-electron chi connectivity index (χ0n) is 13.9. The van der Waals surface area contributed by atoms with Crippen molar-refractivity contribution in [1.82, 2.24) is 0 Å². The molecular weight excluding hydrogens is 330 g/mol. The van der Waals surface area contributed by atoms with Gasteiger partial charge in [0.1, 0.15) is 18.1 Å². The topological polar surface area (TPSA) is 76.8 Å². The summed E-state index contributed by atoms with van der Waals surface area (Å²) in [6, 6.07) is 25.3. The molecule has 0 amide bonds. The molecule has 0 radical (unpaired) electrons. The van der Waals surface area contributed by atoms with Gasteiger partial charge >= 0.3 is 0 Å². The van der Waals surface area contributed by atoms with E-state index in [1.807, 2.05) is 60.7 Å². The molecular formula is C20H17N3O3. The van der Waals surface area contributed by atoms with Crippen LogP contribution < -0.4 is 10.2 Å². The highest BCUT2D eigenvalue weighted by molar-refractivity contribution is 6.02. The number of nitrogens with one attached hydrogen (secondary N) is 1. The molecule has 3 rings (SSSR count). The van der Waals surface area contributed by atoms with Crippen LogP contribution in [0.15, 0.2) is 90.0 Å². The Morgan fingerprint density at radius 2 is 1.54 bits per heavy atom. The summed E-state index contributed by atoms with van der Waals surface area (Å²) in [4.78, 5) is 10.3. The molecule has 0 heterocycles. The summed E-state index contributed by atoms with van der Waals surface area (Å²) in [5.74, 6) is 0.541. The zero-order chi connectivity index (χ0) is 18.2. The van der Waals surface area contributed by atoms with Crippen LogP contribution in [0.1, 0.15) is 5.56 Å². The highest BCUT2D eigenvalue weighted by Gasteiger charge is 2.08. The number of nitro benzene ring substituents is 1. The molecule has 3 aromatic carbocycles. The molecule has 0 aromatic heterocycles. The van der Waals surface area contributed by atoms with Gasteiger partial charge in [-0.25, -0.2) is 0 Å². The molecule has 1 N–H and O–H groups in total. The van der Waals surface area contributed by atoms with Crippen LogP contribution >= 0.6 is 0 Å². The minimum atomic E-state index is -0.440. The van der Waals surface area contributed by atoms with Gasteiger partial charge in [-0.15, -0.1) is 0 Å². The highest BCUT2D eigenvalue weighted by Crippen LogP contribution is 2.18. The Labute approximate surface area is 150 Å². The minimum Gasteiger partial charge on any atom is -0.487 e. The van der Waals surface area contributed by atoms with E-state index < -0.39 is 4.92 Å². The lowest BCUT2D eigenvalue weighted by Crippen LogP contribution is -2.15. The second-order valence-corrected chi connectivity index (χ2v) is 5.44. The number of benzene rings is 3. The number of hydrogen-bond acceptors (Lipinski definition) is 5. The minimum absolute atomic E-state index is 0.0278. The van der Waals surface area contributed by atoms with Gasteiger partial charge in [-0.2, -0.15) is 5.10 Å². The fourth-order valence-electron chi connectivity index (χ4n) is 2.27. The molecule has 6 nitrogen and oxygen atoms in total. The molecule has 0 bridgehead atoms. The first-order chi connectivity index (χ1) is 12.7. The SMILES string of the molecule is O=[N+]([O-])c1ccc(OC/C(=N/Nc2ccccc2)c2ccccc2)cc1. The molecule has 0 aliphatic heterocycles. The predicted molar refractivity (Wildman–Crippen MR) is 102 cm³/mol. The van der Waals surface area contributed by atoms with Crippen LogP contribution in [0.3, 0.4) is 0 Å². The van der Waals surface area contributed by atoms with E-state index in [4.69, 9.17) is 4.74 Å². The Bertz CT molecular complexity index is 879. The van der Waals surface area contributed by atoms with Crippen LogP contribution in [0, 0.1) is 10.1 Å². The number of nitro groups is 1. The van der Waals surface area contributed by atoms with Crippen molar-refractivity contribution in [3.05, 3.63) is 101 Å². The van der Waals surface area contributed by atoms with E-state index in [-0.39, 0.29) is 12.3 Å². The molecule has 3 aromatic rings. The van der Waals surface area contributed by atoms with Gasteiger partial charge in [0.15, 0.2) is 0 Å². The van der Waals surface area contributed by atoms with Crippen LogP contribution in [0.5, 0.6) is 5.75 Å². The first-order valence-electron chi connectivity index (χ1n) is 8.03. The van der Waals surface area contributed by atoms with Crippen molar-refractivity contribution in [3.8, 4) is 5.75 Å². The standard InChI is InChI=1S/C20H17N3O3/c24-23(25)18-11-13-19(14-12-18)26-15-20(16-7-3-1-4-8-16)22-21-17-9-5-2-6-10-17/h1-14,21H,15H2/b22-20-. The molecule has 0 saturated heterocycles. The smallest absolute Gasteiger partial charge is 0.269 e. The molecule has 6 heteroatoms. The number of anilines is 1. The molecule has 26 heavy (non-hydrogen) atoms. The molecule has 0 saturated carbocycles. The van der Waals surface area contributed by atoms with E-state index in [2.05, 4.69) is 10.5 Å². The third-order valence-corrected chi connectivity index (χ3v) is 3.62. The van der Waals surface area contributed by atoms with Gasteiger partial charge in [0.2, 0.25) is 0 Å². The molecule has 0 atom stereocenters. The zero-order valence-corrected chi connectivity index (χ0v) is 13.9. The lowest BCUT2D eigenvalue weighted by molar-refractivity contribution is -0.384. The van der Waals surface area contributed by atoms with Crippen molar-refractivity contribution in [3.63, 3.8) is 0 Å². The highest BCUT2D eigenvalue weighted by atomic mass is 16.6. The molecule has 0 fully saturated rings. The van der Waals surface area contributed by atoms with Gasteiger partial charge < -0.3 is 4.74 Å². The van der Waals surface area contributed by atoms with Crippen LogP contribution in [0.2, 0.25) is 0 Å². The molecule has 0 spiro atoms. The van der Waals surface area contributed by atoms with Gasteiger partial charge in [0.05, 0.1) is 10.6 Å². The van der Waals surface area contributed by atoms with Crippen molar-refractivity contribution < 1.29 is 9.66 Å². The monoisotopic (exact) mass is 347 g/mol. The number of hydrazone groups is 1. The van der Waals surface area contributed by atoms with Crippen molar-refractivity contribution in [2.45, 2.75) is 0 Å². The van der Waals surface area contributed by atoms with E-state index in [9.17, 15) is 10.1 Å². The fourth-order valence-corrected chi connectivity index (χ4v) is 2.27. The number of non-ortho nitro benzene ring substituents is 1. The van der Waals surface area contributed by atoms with E-state index >= 15 is 0 Å². The van der Waals surface area contributed by atoms with Gasteiger partial charge in [0, 0.05) is 17.7 Å². The first kappa shape index (κ1) is 17.2. The molecule has 0 unspecified atom stereocenters. The van der Waals surface area contributed by atoms with Crippen molar-refractivity contribution in [2.75, 3.05) is 12.0 Å². The Balaban J connectivity index is 1.74. The van der Waals surface area contributed by atoms with Gasteiger partial charge in [-0.05, 0) is 24.3 Å². The average Bonchev–Trinajstić information content (AvgIpc) is 2.70. The van der Waals surface area contributed by atoms with Crippen molar-refractivity contribution >= 4 is 17.1 Å². The third kappa shape index (κ3) is 4.67. The van der Waals surface area contributed by atoms with Crippen LogP contribution in [-0.4, -0.2) is 17.2 Å². The normalized spacial score (nSPS) is 11.0. The summed E-state index contributed by atoms with van der Waals surface area (Å²) in [5.41, 5.74) is 5.57. The summed E-state index contributed by atoms with van der Waals surface area (Å²) >= 11 is 0. The van der Waals surface area contributed by atoms with Crippen LogP contribution in [0.25, 0.3) is 0 Å². The number of hydrogen-bond donors (Lipinski definition) is 1. The van der Waals surface area contributed by atoms with E-state index in [1.165, 1.54) is 12.1 Å². The quantitative estimate of drug-likeness (QED) is 0.388. The van der Waals surface area contributed by atoms with Crippen molar-refractivity contribution in [1.29, 1.82) is 0 Å². The summed E-state index contributed by atoms with van der Waals surface area (Å²) < 4.78 is 5.75. The number of para-hydroxylation sites is 1. The average molecular weight is 347 g/mol. The number of rotatable bonds is 7. The summed E-state index contributed by atoms with van der Waals surface area (Å²) in [6.45, 7) is 0.224. The van der Waals surface area contributed by atoms with E-state index in [0.717, 1.165) is 11.3 Å². The summed E-state index contributed by atoms with van der Waals surface area (Å²) in [5, 5.41) is 15.2. The first-order valence-corrected chi connectivity index (χ1v) is 8.03. The fraction of sp³-hybridized carbons (Fsp3) is 0.0500. The summed E-state index contributed by atoms with van der Waals surface area (Å²) in [7, 11) is 0. The summed E-state index contributed by atoms with van der Waals surface area (Å²) in [6.07, 6.45) is 0. The molecule has 0 aliphatic carbocycles. The predicted octanol–water partition coefficient (Wildman–Crippen LogP) is 4.49. The van der Waals surface area contributed by atoms with Gasteiger partial charge in [-0.3, -0.25) is 15.5 Å². The maximum absolute atomic E-state index is 10.7. The Morgan fingerprint density at radius 3 is 2.15 bits per heavy atom. The lowest BCUT2D eigenvalue weighted by atomic mass is 10.1. The number of nitrogens with zero attached hydrogens (tertiary/aromatic N) is 2. The van der Waals surface area contributed by atoms with E-state index in [1.54, 1.807) is 12.1 Å². The molecule has 130 valence electrons. The Hall–Kier alpha value is -3.67.